The van der Waals surface area contributed by atoms with Crippen LogP contribution in [0.2, 0.25) is 0 Å². The van der Waals surface area contributed by atoms with E-state index in [1.807, 2.05) is 12.1 Å². The van der Waals surface area contributed by atoms with E-state index >= 15 is 0 Å². The molecule has 37 heavy (non-hydrogen) atoms. The van der Waals surface area contributed by atoms with Crippen LogP contribution in [0.25, 0.3) is 0 Å². The number of ether oxygens (including phenoxy) is 2. The molecule has 0 saturated carbocycles. The summed E-state index contributed by atoms with van der Waals surface area (Å²) in [5.74, 6) is 1.22. The number of hydrogen-bond donors (Lipinski definition) is 2. The molecule has 0 unspecified atom stereocenters. The minimum atomic E-state index is -4.78. The van der Waals surface area contributed by atoms with Crippen molar-refractivity contribution >= 4 is 17.4 Å². The van der Waals surface area contributed by atoms with Gasteiger partial charge >= 0.3 is 12.4 Å². The fourth-order valence-corrected chi connectivity index (χ4v) is 4.06. The van der Waals surface area contributed by atoms with E-state index in [4.69, 9.17) is 4.74 Å². The number of benzene rings is 2. The van der Waals surface area contributed by atoms with E-state index < -0.39 is 12.4 Å². The standard InChI is InChI=1S/C27H29F3N4O3/c1-18(2)12-15-34-16-13-22-19(17-34)5-3-7-24(22)36-25-23(6-4-14-31-25)33-26(35)32-20-8-10-21(11-9-20)37-27(28,29)30/h3-11,14,18H,12-13,15-17H2,1-2H3,(H2,32,33,35). The molecule has 0 aliphatic carbocycles. The lowest BCUT2D eigenvalue weighted by molar-refractivity contribution is -0.274. The summed E-state index contributed by atoms with van der Waals surface area (Å²) in [6.07, 6.45) is -1.20. The SMILES string of the molecule is CC(C)CCN1CCc2c(cccc2Oc2ncccc2NC(=O)Nc2ccc(OC(F)(F)F)cc2)C1. The molecule has 2 heterocycles. The zero-order chi connectivity index (χ0) is 26.4. The average molecular weight is 515 g/mol. The number of carbonyl (C=O) groups is 1. The first kappa shape index (κ1) is 26.3. The molecule has 10 heteroatoms. The van der Waals surface area contributed by atoms with Crippen molar-refractivity contribution in [1.82, 2.24) is 9.88 Å². The highest BCUT2D eigenvalue weighted by Crippen LogP contribution is 2.34. The molecule has 0 spiro atoms. The smallest absolute Gasteiger partial charge is 0.437 e. The summed E-state index contributed by atoms with van der Waals surface area (Å²) < 4.78 is 47.0. The second kappa shape index (κ2) is 11.5. The minimum Gasteiger partial charge on any atom is -0.437 e. The molecule has 0 atom stereocenters. The fraction of sp³-hybridized carbons (Fsp3) is 0.333. The van der Waals surface area contributed by atoms with Crippen LogP contribution < -0.4 is 20.1 Å². The molecule has 7 nitrogen and oxygen atoms in total. The summed E-state index contributed by atoms with van der Waals surface area (Å²) in [7, 11) is 0. The largest absolute Gasteiger partial charge is 0.573 e. The fourth-order valence-electron chi connectivity index (χ4n) is 4.06. The summed E-state index contributed by atoms with van der Waals surface area (Å²) in [6, 6.07) is 13.5. The van der Waals surface area contributed by atoms with E-state index in [0.717, 1.165) is 50.2 Å². The zero-order valence-corrected chi connectivity index (χ0v) is 20.6. The summed E-state index contributed by atoms with van der Waals surface area (Å²) in [5, 5.41) is 5.26. The molecule has 1 aliphatic heterocycles. The summed E-state index contributed by atoms with van der Waals surface area (Å²) >= 11 is 0. The zero-order valence-electron chi connectivity index (χ0n) is 20.6. The topological polar surface area (TPSA) is 75.7 Å². The van der Waals surface area contributed by atoms with Crippen LogP contribution in [-0.4, -0.2) is 35.4 Å². The van der Waals surface area contributed by atoms with Crippen molar-refractivity contribution in [3.8, 4) is 17.4 Å². The highest BCUT2D eigenvalue weighted by molar-refractivity contribution is 6.00. The highest BCUT2D eigenvalue weighted by atomic mass is 19.4. The maximum absolute atomic E-state index is 12.6. The molecule has 0 bridgehead atoms. The number of hydrogen-bond acceptors (Lipinski definition) is 5. The maximum atomic E-state index is 12.6. The highest BCUT2D eigenvalue weighted by Gasteiger charge is 2.31. The molecule has 0 radical (unpaired) electrons. The molecule has 0 fully saturated rings. The Labute approximate surface area is 213 Å². The molecule has 2 aromatic carbocycles. The quantitative estimate of drug-likeness (QED) is 0.345. The number of pyridine rings is 1. The van der Waals surface area contributed by atoms with Gasteiger partial charge in [-0.05, 0) is 73.3 Å². The molecular formula is C27H29F3N4O3. The Bertz CT molecular complexity index is 1220. The molecule has 0 saturated heterocycles. The lowest BCUT2D eigenvalue weighted by Gasteiger charge is -2.30. The normalized spacial score (nSPS) is 13.7. The third-order valence-corrected chi connectivity index (χ3v) is 5.90. The van der Waals surface area contributed by atoms with Crippen molar-refractivity contribution in [2.75, 3.05) is 23.7 Å². The Morgan fingerprint density at radius 3 is 2.59 bits per heavy atom. The number of halogens is 3. The molecule has 1 aliphatic rings. The van der Waals surface area contributed by atoms with Crippen LogP contribution in [0.3, 0.4) is 0 Å². The van der Waals surface area contributed by atoms with Gasteiger partial charge in [0.2, 0.25) is 5.88 Å². The van der Waals surface area contributed by atoms with Crippen LogP contribution in [0.1, 0.15) is 31.4 Å². The second-order valence-corrected chi connectivity index (χ2v) is 9.21. The number of alkyl halides is 3. The summed E-state index contributed by atoms with van der Waals surface area (Å²) in [6.45, 7) is 7.33. The van der Waals surface area contributed by atoms with Gasteiger partial charge in [0.05, 0.1) is 0 Å². The van der Waals surface area contributed by atoms with E-state index in [0.29, 0.717) is 17.4 Å². The number of anilines is 2. The van der Waals surface area contributed by atoms with E-state index in [2.05, 4.69) is 45.2 Å². The van der Waals surface area contributed by atoms with Crippen molar-refractivity contribution in [3.63, 3.8) is 0 Å². The first-order chi connectivity index (χ1) is 17.7. The molecular weight excluding hydrogens is 485 g/mol. The van der Waals surface area contributed by atoms with Gasteiger partial charge in [0, 0.05) is 30.5 Å². The minimum absolute atomic E-state index is 0.238. The number of nitrogens with one attached hydrogen (secondary N) is 2. The number of carbonyl (C=O) groups excluding carboxylic acids is 1. The van der Waals surface area contributed by atoms with Gasteiger partial charge in [-0.1, -0.05) is 26.0 Å². The number of fused-ring (bicyclic) bond motifs is 1. The first-order valence-electron chi connectivity index (χ1n) is 12.1. The average Bonchev–Trinajstić information content (AvgIpc) is 2.84. The Balaban J connectivity index is 1.41. The van der Waals surface area contributed by atoms with Crippen LogP contribution >= 0.6 is 0 Å². The molecule has 3 aromatic rings. The van der Waals surface area contributed by atoms with Crippen LogP contribution in [0.4, 0.5) is 29.3 Å². The lowest BCUT2D eigenvalue weighted by Crippen LogP contribution is -2.32. The molecule has 2 amide bonds. The van der Waals surface area contributed by atoms with Gasteiger partial charge < -0.3 is 20.1 Å². The van der Waals surface area contributed by atoms with Crippen molar-refractivity contribution in [2.45, 2.75) is 39.6 Å². The van der Waals surface area contributed by atoms with Gasteiger partial charge in [0.25, 0.3) is 0 Å². The number of urea groups is 1. The summed E-state index contributed by atoms with van der Waals surface area (Å²) in [5.41, 5.74) is 2.99. The third-order valence-electron chi connectivity index (χ3n) is 5.90. The van der Waals surface area contributed by atoms with Crippen molar-refractivity contribution in [1.29, 1.82) is 0 Å². The van der Waals surface area contributed by atoms with Crippen LogP contribution in [0, 0.1) is 5.92 Å². The van der Waals surface area contributed by atoms with Crippen LogP contribution in [0.5, 0.6) is 17.4 Å². The van der Waals surface area contributed by atoms with Gasteiger partial charge in [-0.3, -0.25) is 4.90 Å². The first-order valence-corrected chi connectivity index (χ1v) is 12.1. The van der Waals surface area contributed by atoms with Gasteiger partial charge in [0.1, 0.15) is 17.2 Å². The second-order valence-electron chi connectivity index (χ2n) is 9.21. The Hall–Kier alpha value is -3.79. The predicted octanol–water partition coefficient (Wildman–Crippen LogP) is 6.82. The van der Waals surface area contributed by atoms with E-state index in [9.17, 15) is 18.0 Å². The Morgan fingerprint density at radius 2 is 1.86 bits per heavy atom. The van der Waals surface area contributed by atoms with E-state index in [-0.39, 0.29) is 17.3 Å². The third kappa shape index (κ3) is 7.60. The Morgan fingerprint density at radius 1 is 1.08 bits per heavy atom. The van der Waals surface area contributed by atoms with Gasteiger partial charge in [-0.25, -0.2) is 9.78 Å². The van der Waals surface area contributed by atoms with Crippen LogP contribution in [-0.2, 0) is 13.0 Å². The number of amides is 2. The van der Waals surface area contributed by atoms with Gasteiger partial charge in [-0.15, -0.1) is 13.2 Å². The van der Waals surface area contributed by atoms with Crippen molar-refractivity contribution in [3.05, 3.63) is 71.9 Å². The van der Waals surface area contributed by atoms with Crippen LogP contribution in [0.15, 0.2) is 60.8 Å². The van der Waals surface area contributed by atoms with E-state index in [1.165, 1.54) is 17.7 Å². The van der Waals surface area contributed by atoms with Gasteiger partial charge in [0.15, 0.2) is 0 Å². The monoisotopic (exact) mass is 514 g/mol. The summed E-state index contributed by atoms with van der Waals surface area (Å²) in [4.78, 5) is 19.3. The molecule has 1 aromatic heterocycles. The maximum Gasteiger partial charge on any atom is 0.573 e. The molecule has 2 N–H and O–H groups in total. The molecule has 4 rings (SSSR count). The number of aromatic nitrogens is 1. The predicted molar refractivity (Wildman–Crippen MR) is 135 cm³/mol. The van der Waals surface area contributed by atoms with E-state index in [1.54, 1.807) is 18.3 Å². The number of rotatable bonds is 8. The molecule has 196 valence electrons. The number of nitrogens with zero attached hydrogens (tertiary/aromatic N) is 2. The van der Waals surface area contributed by atoms with Crippen molar-refractivity contribution in [2.24, 2.45) is 5.92 Å². The lowest BCUT2D eigenvalue weighted by atomic mass is 9.98. The van der Waals surface area contributed by atoms with Crippen molar-refractivity contribution < 1.29 is 27.4 Å². The Kier molecular flexibility index (Phi) is 8.17. The van der Waals surface area contributed by atoms with Gasteiger partial charge in [-0.2, -0.15) is 0 Å².